The summed E-state index contributed by atoms with van der Waals surface area (Å²) in [6.07, 6.45) is 0.762. The van der Waals surface area contributed by atoms with Gasteiger partial charge in [-0.3, -0.25) is 4.79 Å². The van der Waals surface area contributed by atoms with Gasteiger partial charge in [-0.2, -0.15) is 0 Å². The van der Waals surface area contributed by atoms with Crippen LogP contribution in [0.5, 0.6) is 0 Å². The average Bonchev–Trinajstić information content (AvgIpc) is 3.01. The molecule has 3 rings (SSSR count). The number of thiazole rings is 1. The van der Waals surface area contributed by atoms with E-state index < -0.39 is 5.41 Å². The summed E-state index contributed by atoms with van der Waals surface area (Å²) in [7, 11) is 0. The SMILES string of the molecule is CC1(C)C(=O)N(CCc2nc(CCl)cs2)c2ccccc21. The van der Waals surface area contributed by atoms with E-state index >= 15 is 0 Å². The zero-order valence-corrected chi connectivity index (χ0v) is 13.7. The third kappa shape index (κ3) is 2.47. The Balaban J connectivity index is 1.81. The van der Waals surface area contributed by atoms with E-state index in [1.54, 1.807) is 11.3 Å². The van der Waals surface area contributed by atoms with Crippen molar-refractivity contribution in [3.8, 4) is 0 Å². The molecule has 0 spiro atoms. The first kappa shape index (κ1) is 14.5. The van der Waals surface area contributed by atoms with Gasteiger partial charge in [-0.15, -0.1) is 22.9 Å². The molecule has 110 valence electrons. The molecule has 21 heavy (non-hydrogen) atoms. The number of aromatic nitrogens is 1. The topological polar surface area (TPSA) is 33.2 Å². The minimum absolute atomic E-state index is 0.165. The third-order valence-electron chi connectivity index (χ3n) is 3.93. The number of para-hydroxylation sites is 1. The summed E-state index contributed by atoms with van der Waals surface area (Å²) < 4.78 is 0. The van der Waals surface area contributed by atoms with Crippen LogP contribution in [0, 0.1) is 0 Å². The lowest BCUT2D eigenvalue weighted by Crippen LogP contribution is -2.37. The Bertz CT molecular complexity index is 680. The lowest BCUT2D eigenvalue weighted by Gasteiger charge is -2.19. The highest BCUT2D eigenvalue weighted by Crippen LogP contribution is 2.41. The van der Waals surface area contributed by atoms with E-state index in [0.29, 0.717) is 12.4 Å². The molecule has 0 saturated carbocycles. The molecule has 3 nitrogen and oxygen atoms in total. The second kappa shape index (κ2) is 5.43. The summed E-state index contributed by atoms with van der Waals surface area (Å²) in [4.78, 5) is 19.0. The predicted molar refractivity (Wildman–Crippen MR) is 87.2 cm³/mol. The van der Waals surface area contributed by atoms with Crippen molar-refractivity contribution < 1.29 is 4.79 Å². The van der Waals surface area contributed by atoms with Gasteiger partial charge in [-0.1, -0.05) is 18.2 Å². The molecule has 0 atom stereocenters. The van der Waals surface area contributed by atoms with E-state index in [2.05, 4.69) is 4.98 Å². The van der Waals surface area contributed by atoms with E-state index in [0.717, 1.165) is 28.4 Å². The van der Waals surface area contributed by atoms with E-state index in [1.807, 2.05) is 48.4 Å². The molecule has 1 aromatic heterocycles. The van der Waals surface area contributed by atoms with Gasteiger partial charge in [0.25, 0.3) is 0 Å². The molecule has 5 heteroatoms. The quantitative estimate of drug-likeness (QED) is 0.804. The third-order valence-corrected chi connectivity index (χ3v) is 5.16. The molecule has 0 aliphatic carbocycles. The summed E-state index contributed by atoms with van der Waals surface area (Å²) in [5.41, 5.74) is 2.60. The highest BCUT2D eigenvalue weighted by molar-refractivity contribution is 7.09. The van der Waals surface area contributed by atoms with Crippen molar-refractivity contribution in [3.05, 3.63) is 45.9 Å². The number of nitrogens with zero attached hydrogens (tertiary/aromatic N) is 2. The standard InChI is InChI=1S/C16H17ClN2OS/c1-16(2)12-5-3-4-6-13(12)19(15(16)20)8-7-14-18-11(9-17)10-21-14/h3-6,10H,7-9H2,1-2H3. The number of benzene rings is 1. The molecule has 0 bridgehead atoms. The lowest BCUT2D eigenvalue weighted by molar-refractivity contribution is -0.122. The number of anilines is 1. The molecule has 1 aromatic carbocycles. The molecule has 2 heterocycles. The van der Waals surface area contributed by atoms with Gasteiger partial charge in [0.1, 0.15) is 0 Å². The molecular formula is C16H17ClN2OS. The van der Waals surface area contributed by atoms with Crippen molar-refractivity contribution in [2.24, 2.45) is 0 Å². The van der Waals surface area contributed by atoms with Gasteiger partial charge >= 0.3 is 0 Å². The van der Waals surface area contributed by atoms with Crippen molar-refractivity contribution in [1.82, 2.24) is 4.98 Å². The van der Waals surface area contributed by atoms with Crippen LogP contribution in [0.15, 0.2) is 29.6 Å². The van der Waals surface area contributed by atoms with Crippen LogP contribution < -0.4 is 4.90 Å². The molecule has 0 unspecified atom stereocenters. The van der Waals surface area contributed by atoms with Crippen LogP contribution in [0.4, 0.5) is 5.69 Å². The van der Waals surface area contributed by atoms with Gasteiger partial charge in [0, 0.05) is 24.0 Å². The first-order valence-corrected chi connectivity index (χ1v) is 8.36. The van der Waals surface area contributed by atoms with Gasteiger partial charge < -0.3 is 4.90 Å². The molecule has 1 aliphatic heterocycles. The van der Waals surface area contributed by atoms with Gasteiger partial charge in [-0.05, 0) is 25.5 Å². The molecule has 2 aromatic rings. The fourth-order valence-corrected chi connectivity index (χ4v) is 3.77. The van der Waals surface area contributed by atoms with Crippen LogP contribution in [0.2, 0.25) is 0 Å². The predicted octanol–water partition coefficient (Wildman–Crippen LogP) is 3.75. The van der Waals surface area contributed by atoms with Gasteiger partial charge in [0.15, 0.2) is 0 Å². The maximum atomic E-state index is 12.7. The summed E-state index contributed by atoms with van der Waals surface area (Å²) >= 11 is 7.38. The van der Waals surface area contributed by atoms with Gasteiger partial charge in [0.2, 0.25) is 5.91 Å². The molecule has 0 fully saturated rings. The first-order valence-electron chi connectivity index (χ1n) is 6.94. The van der Waals surface area contributed by atoms with Crippen molar-refractivity contribution in [2.45, 2.75) is 31.6 Å². The molecule has 0 N–H and O–H groups in total. The van der Waals surface area contributed by atoms with Crippen LogP contribution in [-0.4, -0.2) is 17.4 Å². The van der Waals surface area contributed by atoms with Gasteiger partial charge in [0.05, 0.1) is 22.0 Å². The first-order chi connectivity index (χ1) is 10.0. The average molecular weight is 321 g/mol. The Labute approximate surface area is 133 Å². The van der Waals surface area contributed by atoms with Crippen molar-refractivity contribution in [3.63, 3.8) is 0 Å². The Morgan fingerprint density at radius 1 is 1.33 bits per heavy atom. The fraction of sp³-hybridized carbons (Fsp3) is 0.375. The molecule has 1 aliphatic rings. The number of hydrogen-bond acceptors (Lipinski definition) is 3. The number of carbonyl (C=O) groups excluding carboxylic acids is 1. The minimum Gasteiger partial charge on any atom is -0.311 e. The largest absolute Gasteiger partial charge is 0.311 e. The highest BCUT2D eigenvalue weighted by atomic mass is 35.5. The fourth-order valence-electron chi connectivity index (χ4n) is 2.75. The summed E-state index contributed by atoms with van der Waals surface area (Å²) in [6.45, 7) is 4.64. The summed E-state index contributed by atoms with van der Waals surface area (Å²) in [5.74, 6) is 0.604. The smallest absolute Gasteiger partial charge is 0.237 e. The minimum atomic E-state index is -0.444. The van der Waals surface area contributed by atoms with E-state index in [9.17, 15) is 4.79 Å². The number of hydrogen-bond donors (Lipinski definition) is 0. The molecular weight excluding hydrogens is 304 g/mol. The number of amides is 1. The maximum absolute atomic E-state index is 12.7. The van der Waals surface area contributed by atoms with E-state index in [4.69, 9.17) is 11.6 Å². The lowest BCUT2D eigenvalue weighted by atomic mass is 9.86. The van der Waals surface area contributed by atoms with Gasteiger partial charge in [-0.25, -0.2) is 4.98 Å². The Morgan fingerprint density at radius 2 is 2.10 bits per heavy atom. The molecule has 0 radical (unpaired) electrons. The van der Waals surface area contributed by atoms with Crippen molar-refractivity contribution in [1.29, 1.82) is 0 Å². The number of alkyl halides is 1. The second-order valence-corrected chi connectivity index (χ2v) is 6.93. The zero-order valence-electron chi connectivity index (χ0n) is 12.1. The summed E-state index contributed by atoms with van der Waals surface area (Å²) in [6, 6.07) is 8.04. The molecule has 0 saturated heterocycles. The van der Waals surface area contributed by atoms with Crippen LogP contribution in [0.1, 0.15) is 30.1 Å². The number of rotatable bonds is 4. The van der Waals surface area contributed by atoms with Crippen molar-refractivity contribution in [2.75, 3.05) is 11.4 Å². The van der Waals surface area contributed by atoms with Crippen LogP contribution in [0.25, 0.3) is 0 Å². The molecule has 1 amide bonds. The van der Waals surface area contributed by atoms with Crippen LogP contribution in [0.3, 0.4) is 0 Å². The normalized spacial score (nSPS) is 16.3. The number of halogens is 1. The Hall–Kier alpha value is -1.39. The summed E-state index contributed by atoms with van der Waals surface area (Å²) in [5, 5.41) is 3.01. The van der Waals surface area contributed by atoms with Crippen molar-refractivity contribution >= 4 is 34.5 Å². The maximum Gasteiger partial charge on any atom is 0.237 e. The second-order valence-electron chi connectivity index (χ2n) is 5.72. The Morgan fingerprint density at radius 3 is 2.81 bits per heavy atom. The zero-order chi connectivity index (χ0) is 15.0. The van der Waals surface area contributed by atoms with E-state index in [-0.39, 0.29) is 5.91 Å². The monoisotopic (exact) mass is 320 g/mol. The Kier molecular flexibility index (Phi) is 3.76. The number of fused-ring (bicyclic) bond motifs is 1. The van der Waals surface area contributed by atoms with E-state index in [1.165, 1.54) is 0 Å². The van der Waals surface area contributed by atoms with Crippen LogP contribution >= 0.6 is 22.9 Å². The highest BCUT2D eigenvalue weighted by Gasteiger charge is 2.43. The number of carbonyl (C=O) groups is 1. The van der Waals surface area contributed by atoms with Crippen LogP contribution in [-0.2, 0) is 22.5 Å².